The number of aliphatic hydroxyl groups is 1. The van der Waals surface area contributed by atoms with Crippen LogP contribution in [0.5, 0.6) is 0 Å². The van der Waals surface area contributed by atoms with Crippen molar-refractivity contribution < 1.29 is 68.5 Å². The van der Waals surface area contributed by atoms with Crippen LogP contribution in [0.4, 0.5) is 0 Å². The topological polar surface area (TPSA) is 54.4 Å². The molecule has 0 amide bonds. The van der Waals surface area contributed by atoms with E-state index in [1.807, 2.05) is 0 Å². The molecule has 0 heterocycles. The first-order valence-corrected chi connectivity index (χ1v) is 3.42. The Kier molecular flexibility index (Phi) is 18.8. The van der Waals surface area contributed by atoms with Gasteiger partial charge >= 0.3 is 0 Å². The first-order chi connectivity index (χ1) is 5.20. The predicted octanol–water partition coefficient (Wildman–Crippen LogP) is 1.29. The minimum absolute atomic E-state index is 0. The third kappa shape index (κ3) is 12.7. The van der Waals surface area contributed by atoms with E-state index < -0.39 is 0 Å². The maximum atomic E-state index is 10.4. The van der Waals surface area contributed by atoms with Gasteiger partial charge in [0.25, 0.3) is 0 Å². The van der Waals surface area contributed by atoms with Gasteiger partial charge in [-0.2, -0.15) is 6.92 Å². The fraction of sp³-hybridized carbons (Fsp3) is 0.500. The Morgan fingerprint density at radius 2 is 1.92 bits per heavy atom. The van der Waals surface area contributed by atoms with Gasteiger partial charge in [-0.05, 0) is 6.42 Å². The molecule has 1 N–H and O–H groups in total. The van der Waals surface area contributed by atoms with Crippen LogP contribution in [0.1, 0.15) is 26.2 Å². The molecule has 0 bridgehead atoms. The summed E-state index contributed by atoms with van der Waals surface area (Å²) in [5.74, 6) is 0.287. The summed E-state index contributed by atoms with van der Waals surface area (Å²) in [4.78, 5) is 19.1. The monoisotopic (exact) mass is 428 g/mol. The molecular weight excluding hydrogens is 417 g/mol. The van der Waals surface area contributed by atoms with Crippen molar-refractivity contribution >= 4 is 12.1 Å². The quantitative estimate of drug-likeness (QED) is 0.593. The molecule has 1 aliphatic carbocycles. The molecule has 1 aliphatic rings. The summed E-state index contributed by atoms with van der Waals surface area (Å²) in [7, 11) is 0. The molecule has 0 unspecified atom stereocenters. The zero-order valence-corrected chi connectivity index (χ0v) is 13.2. The molecule has 1 radical (unpaired) electrons. The van der Waals surface area contributed by atoms with Gasteiger partial charge in [-0.3, -0.25) is 11.1 Å². The van der Waals surface area contributed by atoms with E-state index in [-0.39, 0.29) is 65.3 Å². The summed E-state index contributed by atoms with van der Waals surface area (Å²) in [5, 5.41) is 8.72. The molecule has 13 heavy (non-hydrogen) atoms. The molecule has 1 rings (SSSR count). The average Bonchev–Trinajstić information content (AvgIpc) is 1.88. The molecule has 0 aromatic heterocycles. The van der Waals surface area contributed by atoms with Gasteiger partial charge in [0.2, 0.25) is 0 Å². The number of aliphatic hydroxyl groups excluding tert-OH is 1. The first-order valence-electron chi connectivity index (χ1n) is 3.42. The molecule has 3 nitrogen and oxygen atoms in total. The molecule has 0 aromatic carbocycles. The molecule has 0 atom stereocenters. The Bertz CT molecular complexity index is 180. The standard InChI is InChI=1S/C6H8O2.C2H3O.W.Y/c7-5-2-1-3-6(8)4-5;1-2-3;;/h4,7H,1-3H2;1H3;;/q;-1;;. The molecule has 0 fully saturated rings. The van der Waals surface area contributed by atoms with Gasteiger partial charge in [0.05, 0.1) is 5.76 Å². The summed E-state index contributed by atoms with van der Waals surface area (Å²) in [5.41, 5.74) is 0. The Morgan fingerprint density at radius 3 is 2.15 bits per heavy atom. The second kappa shape index (κ2) is 12.7. The van der Waals surface area contributed by atoms with Crippen molar-refractivity contribution in [3.8, 4) is 0 Å². The van der Waals surface area contributed by atoms with Crippen LogP contribution in [-0.2, 0) is 63.4 Å². The van der Waals surface area contributed by atoms with Crippen LogP contribution in [0, 0.1) is 0 Å². The number of allylic oxidation sites excluding steroid dienone is 2. The van der Waals surface area contributed by atoms with Crippen LogP contribution < -0.4 is 0 Å². The minimum atomic E-state index is 0. The molecule has 0 saturated carbocycles. The van der Waals surface area contributed by atoms with Crippen LogP contribution in [0.2, 0.25) is 0 Å². The second-order valence-corrected chi connectivity index (χ2v) is 2.16. The third-order valence-electron chi connectivity index (χ3n) is 1.18. The fourth-order valence-corrected chi connectivity index (χ4v) is 0.774. The molecule has 0 saturated heterocycles. The molecule has 0 aromatic rings. The second-order valence-electron chi connectivity index (χ2n) is 2.16. The fourth-order valence-electron chi connectivity index (χ4n) is 0.774. The first kappa shape index (κ1) is 19.3. The van der Waals surface area contributed by atoms with Crippen molar-refractivity contribution in [3.05, 3.63) is 11.8 Å². The van der Waals surface area contributed by atoms with E-state index in [1.165, 1.54) is 19.3 Å². The van der Waals surface area contributed by atoms with Crippen molar-refractivity contribution in [3.63, 3.8) is 0 Å². The molecular formula is C8H11O3WY-. The third-order valence-corrected chi connectivity index (χ3v) is 1.18. The van der Waals surface area contributed by atoms with Crippen LogP contribution in [0.3, 0.4) is 0 Å². The molecule has 0 spiro atoms. The zero-order valence-electron chi connectivity index (χ0n) is 7.45. The van der Waals surface area contributed by atoms with E-state index in [9.17, 15) is 4.79 Å². The van der Waals surface area contributed by atoms with E-state index in [0.29, 0.717) is 12.8 Å². The Morgan fingerprint density at radius 1 is 1.46 bits per heavy atom. The van der Waals surface area contributed by atoms with Crippen LogP contribution >= 0.6 is 0 Å². The largest absolute Gasteiger partial charge is 0.542 e. The summed E-state index contributed by atoms with van der Waals surface area (Å²) < 4.78 is 0. The number of carbonyl (C=O) groups excluding carboxylic acids is 2. The number of hydrogen-bond acceptors (Lipinski definition) is 3. The van der Waals surface area contributed by atoms with Crippen molar-refractivity contribution in [2.45, 2.75) is 26.2 Å². The van der Waals surface area contributed by atoms with Crippen molar-refractivity contribution in [1.82, 2.24) is 0 Å². The Labute approximate surface area is 117 Å². The normalized spacial score (nSPS) is 13.6. The molecule has 5 heteroatoms. The van der Waals surface area contributed by atoms with E-state index in [1.54, 1.807) is 0 Å². The van der Waals surface area contributed by atoms with E-state index in [0.717, 1.165) is 6.42 Å². The average molecular weight is 428 g/mol. The zero-order chi connectivity index (χ0) is 8.69. The van der Waals surface area contributed by atoms with Gasteiger partial charge in [0.1, 0.15) is 0 Å². The van der Waals surface area contributed by atoms with Crippen molar-refractivity contribution in [1.29, 1.82) is 0 Å². The minimum Gasteiger partial charge on any atom is -0.542 e. The van der Waals surface area contributed by atoms with Gasteiger partial charge in [-0.15, -0.1) is 0 Å². The SMILES string of the molecule is C[C-]=O.O=C1C=C(O)CCC1.[W].[Y]. The maximum Gasteiger partial charge on any atom is 0.159 e. The number of rotatable bonds is 0. The molecule has 71 valence electrons. The summed E-state index contributed by atoms with van der Waals surface area (Å²) in [6.45, 7) is 1.32. The van der Waals surface area contributed by atoms with Gasteiger partial charge in [0.15, 0.2) is 5.78 Å². The smallest absolute Gasteiger partial charge is 0.159 e. The van der Waals surface area contributed by atoms with Gasteiger partial charge in [-0.1, -0.05) is 0 Å². The van der Waals surface area contributed by atoms with Crippen LogP contribution in [0.25, 0.3) is 0 Å². The number of carbonyl (C=O) groups is 1. The van der Waals surface area contributed by atoms with Crippen molar-refractivity contribution in [2.75, 3.05) is 0 Å². The number of ketones is 1. The van der Waals surface area contributed by atoms with Gasteiger partial charge in [0, 0.05) is 72.7 Å². The van der Waals surface area contributed by atoms with Crippen LogP contribution in [0.15, 0.2) is 11.8 Å². The van der Waals surface area contributed by atoms with E-state index in [2.05, 4.69) is 0 Å². The Balaban J connectivity index is -0.000000180. The van der Waals surface area contributed by atoms with Gasteiger partial charge < -0.3 is 9.90 Å². The van der Waals surface area contributed by atoms with Crippen LogP contribution in [-0.4, -0.2) is 17.2 Å². The predicted molar refractivity (Wildman–Crippen MR) is 40.9 cm³/mol. The summed E-state index contributed by atoms with van der Waals surface area (Å²) in [6, 6.07) is 0. The summed E-state index contributed by atoms with van der Waals surface area (Å²) >= 11 is 0. The maximum absolute atomic E-state index is 10.4. The summed E-state index contributed by atoms with van der Waals surface area (Å²) in [6.07, 6.45) is 4.89. The van der Waals surface area contributed by atoms with E-state index in [4.69, 9.17) is 9.90 Å². The number of hydrogen-bond donors (Lipinski definition) is 1. The molecule has 0 aliphatic heterocycles. The van der Waals surface area contributed by atoms with E-state index >= 15 is 0 Å². The van der Waals surface area contributed by atoms with Crippen molar-refractivity contribution in [2.24, 2.45) is 0 Å². The van der Waals surface area contributed by atoms with Gasteiger partial charge in [-0.25, -0.2) is 0 Å². The Hall–Kier alpha value is 0.672.